The van der Waals surface area contributed by atoms with Gasteiger partial charge in [-0.05, 0) is 44.5 Å². The Kier molecular flexibility index (Phi) is 6.66. The standard InChI is InChI=1S/C16H25NO/c1-4-6-15-8-10-16(11-9-15)13-17(3)12-5-7-14(2)18/h8-11H,4-7,12-13H2,1-3H3. The van der Waals surface area contributed by atoms with Gasteiger partial charge in [0.15, 0.2) is 0 Å². The van der Waals surface area contributed by atoms with Crippen molar-refractivity contribution in [2.24, 2.45) is 0 Å². The fraction of sp³-hybridized carbons (Fsp3) is 0.562. The average Bonchev–Trinajstić information content (AvgIpc) is 2.31. The zero-order valence-electron chi connectivity index (χ0n) is 11.9. The molecule has 2 heteroatoms. The molecule has 0 aliphatic rings. The molecule has 0 amide bonds. The first-order valence-corrected chi connectivity index (χ1v) is 6.87. The van der Waals surface area contributed by atoms with E-state index in [1.165, 1.54) is 17.5 Å². The largest absolute Gasteiger partial charge is 0.302 e. The highest BCUT2D eigenvalue weighted by Crippen LogP contribution is 2.09. The Bertz CT molecular complexity index is 356. The van der Waals surface area contributed by atoms with E-state index in [2.05, 4.69) is 43.1 Å². The minimum absolute atomic E-state index is 0.285. The van der Waals surface area contributed by atoms with Gasteiger partial charge in [-0.2, -0.15) is 0 Å². The average molecular weight is 247 g/mol. The fourth-order valence-electron chi connectivity index (χ4n) is 2.09. The third-order valence-corrected chi connectivity index (χ3v) is 3.08. The first kappa shape index (κ1) is 14.9. The van der Waals surface area contributed by atoms with Crippen LogP contribution in [-0.4, -0.2) is 24.3 Å². The molecule has 0 N–H and O–H groups in total. The molecule has 1 rings (SSSR count). The van der Waals surface area contributed by atoms with Gasteiger partial charge in [0.05, 0.1) is 0 Å². The lowest BCUT2D eigenvalue weighted by Gasteiger charge is -2.16. The maximum atomic E-state index is 10.9. The van der Waals surface area contributed by atoms with Crippen LogP contribution in [0.25, 0.3) is 0 Å². The van der Waals surface area contributed by atoms with Crippen molar-refractivity contribution in [2.45, 2.75) is 46.1 Å². The summed E-state index contributed by atoms with van der Waals surface area (Å²) in [5, 5.41) is 0. The van der Waals surface area contributed by atoms with Crippen molar-refractivity contribution in [1.82, 2.24) is 4.90 Å². The molecule has 0 atom stereocenters. The van der Waals surface area contributed by atoms with E-state index in [0.717, 1.165) is 25.9 Å². The Morgan fingerprint density at radius 2 is 1.78 bits per heavy atom. The highest BCUT2D eigenvalue weighted by molar-refractivity contribution is 5.75. The van der Waals surface area contributed by atoms with Crippen molar-refractivity contribution in [1.29, 1.82) is 0 Å². The van der Waals surface area contributed by atoms with Gasteiger partial charge < -0.3 is 9.69 Å². The number of carbonyl (C=O) groups excluding carboxylic acids is 1. The molecule has 0 fully saturated rings. The summed E-state index contributed by atoms with van der Waals surface area (Å²) in [6.45, 7) is 5.81. The number of carbonyl (C=O) groups is 1. The van der Waals surface area contributed by atoms with E-state index in [1.807, 2.05) is 0 Å². The van der Waals surface area contributed by atoms with E-state index in [9.17, 15) is 4.79 Å². The van der Waals surface area contributed by atoms with Crippen LogP contribution in [0.1, 0.15) is 44.2 Å². The normalized spacial score (nSPS) is 10.9. The smallest absolute Gasteiger partial charge is 0.129 e. The number of hydrogen-bond acceptors (Lipinski definition) is 2. The molecule has 18 heavy (non-hydrogen) atoms. The van der Waals surface area contributed by atoms with Gasteiger partial charge in [0, 0.05) is 13.0 Å². The predicted octanol–water partition coefficient (Wildman–Crippen LogP) is 3.44. The topological polar surface area (TPSA) is 20.3 Å². The second kappa shape index (κ2) is 8.04. The van der Waals surface area contributed by atoms with Crippen LogP contribution in [-0.2, 0) is 17.8 Å². The molecule has 0 saturated heterocycles. The third-order valence-electron chi connectivity index (χ3n) is 3.08. The highest BCUT2D eigenvalue weighted by Gasteiger charge is 2.01. The van der Waals surface area contributed by atoms with Crippen molar-refractivity contribution in [3.05, 3.63) is 35.4 Å². The number of Topliss-reactive ketones (excluding diaryl/α,β-unsaturated/α-hetero) is 1. The van der Waals surface area contributed by atoms with Crippen molar-refractivity contribution >= 4 is 5.78 Å². The van der Waals surface area contributed by atoms with Gasteiger partial charge in [-0.1, -0.05) is 37.6 Å². The summed E-state index contributed by atoms with van der Waals surface area (Å²) in [7, 11) is 2.11. The van der Waals surface area contributed by atoms with Crippen LogP contribution in [0.3, 0.4) is 0 Å². The van der Waals surface area contributed by atoms with E-state index in [-0.39, 0.29) is 5.78 Å². The van der Waals surface area contributed by atoms with E-state index in [4.69, 9.17) is 0 Å². The molecule has 2 nitrogen and oxygen atoms in total. The number of rotatable bonds is 8. The lowest BCUT2D eigenvalue weighted by molar-refractivity contribution is -0.117. The molecule has 0 bridgehead atoms. The van der Waals surface area contributed by atoms with E-state index in [1.54, 1.807) is 6.92 Å². The first-order chi connectivity index (χ1) is 8.61. The van der Waals surface area contributed by atoms with Gasteiger partial charge in [-0.25, -0.2) is 0 Å². The summed E-state index contributed by atoms with van der Waals surface area (Å²) in [5.41, 5.74) is 2.76. The van der Waals surface area contributed by atoms with Gasteiger partial charge in [-0.3, -0.25) is 0 Å². The quantitative estimate of drug-likeness (QED) is 0.701. The van der Waals surface area contributed by atoms with Crippen LogP contribution >= 0.6 is 0 Å². The Balaban J connectivity index is 2.34. The number of aryl methyl sites for hydroxylation is 1. The third kappa shape index (κ3) is 5.97. The molecule has 1 aromatic rings. The molecule has 0 heterocycles. The van der Waals surface area contributed by atoms with Crippen LogP contribution < -0.4 is 0 Å². The summed E-state index contributed by atoms with van der Waals surface area (Å²) < 4.78 is 0. The summed E-state index contributed by atoms with van der Waals surface area (Å²) >= 11 is 0. The SMILES string of the molecule is CCCc1ccc(CN(C)CCCC(C)=O)cc1. The second-order valence-electron chi connectivity index (χ2n) is 5.11. The van der Waals surface area contributed by atoms with Gasteiger partial charge in [0.1, 0.15) is 5.78 Å². The molecule has 0 saturated carbocycles. The Hall–Kier alpha value is -1.15. The molecular formula is C16H25NO. The van der Waals surface area contributed by atoms with Crippen molar-refractivity contribution < 1.29 is 4.79 Å². The monoisotopic (exact) mass is 247 g/mol. The molecule has 0 aliphatic heterocycles. The summed E-state index contributed by atoms with van der Waals surface area (Å²) in [5.74, 6) is 0.285. The van der Waals surface area contributed by atoms with Crippen LogP contribution in [0.5, 0.6) is 0 Å². The zero-order chi connectivity index (χ0) is 13.4. The number of ketones is 1. The number of nitrogens with zero attached hydrogens (tertiary/aromatic N) is 1. The predicted molar refractivity (Wildman–Crippen MR) is 76.7 cm³/mol. The molecule has 0 aliphatic carbocycles. The lowest BCUT2D eigenvalue weighted by Crippen LogP contribution is -2.19. The maximum absolute atomic E-state index is 10.9. The Morgan fingerprint density at radius 1 is 1.17 bits per heavy atom. The van der Waals surface area contributed by atoms with Gasteiger partial charge in [0.25, 0.3) is 0 Å². The Labute approximate surface area is 111 Å². The molecular weight excluding hydrogens is 222 g/mol. The molecule has 0 radical (unpaired) electrons. The lowest BCUT2D eigenvalue weighted by atomic mass is 10.1. The summed E-state index contributed by atoms with van der Waals surface area (Å²) in [6, 6.07) is 8.88. The molecule has 100 valence electrons. The molecule has 1 aromatic carbocycles. The first-order valence-electron chi connectivity index (χ1n) is 6.87. The van der Waals surface area contributed by atoms with Crippen molar-refractivity contribution in [2.75, 3.05) is 13.6 Å². The molecule has 0 unspecified atom stereocenters. The van der Waals surface area contributed by atoms with E-state index >= 15 is 0 Å². The zero-order valence-corrected chi connectivity index (χ0v) is 11.9. The van der Waals surface area contributed by atoms with Crippen molar-refractivity contribution in [3.63, 3.8) is 0 Å². The van der Waals surface area contributed by atoms with E-state index < -0.39 is 0 Å². The van der Waals surface area contributed by atoms with Gasteiger partial charge >= 0.3 is 0 Å². The van der Waals surface area contributed by atoms with Crippen LogP contribution in [0.2, 0.25) is 0 Å². The molecule has 0 spiro atoms. The summed E-state index contributed by atoms with van der Waals surface area (Å²) in [4.78, 5) is 13.1. The van der Waals surface area contributed by atoms with Crippen LogP contribution in [0, 0.1) is 0 Å². The summed E-state index contributed by atoms with van der Waals surface area (Å²) in [6.07, 6.45) is 4.01. The number of benzene rings is 1. The fourth-order valence-corrected chi connectivity index (χ4v) is 2.09. The number of hydrogen-bond donors (Lipinski definition) is 0. The van der Waals surface area contributed by atoms with Crippen LogP contribution in [0.4, 0.5) is 0 Å². The minimum Gasteiger partial charge on any atom is -0.302 e. The van der Waals surface area contributed by atoms with Gasteiger partial charge in [0.2, 0.25) is 0 Å². The highest BCUT2D eigenvalue weighted by atomic mass is 16.1. The van der Waals surface area contributed by atoms with Crippen LogP contribution in [0.15, 0.2) is 24.3 Å². The Morgan fingerprint density at radius 3 is 2.33 bits per heavy atom. The van der Waals surface area contributed by atoms with Crippen molar-refractivity contribution in [3.8, 4) is 0 Å². The maximum Gasteiger partial charge on any atom is 0.129 e. The molecule has 0 aromatic heterocycles. The second-order valence-corrected chi connectivity index (χ2v) is 5.11. The van der Waals surface area contributed by atoms with Gasteiger partial charge in [-0.15, -0.1) is 0 Å². The van der Waals surface area contributed by atoms with E-state index in [0.29, 0.717) is 6.42 Å². The minimum atomic E-state index is 0.285.